The van der Waals surface area contributed by atoms with Crippen molar-refractivity contribution in [2.75, 3.05) is 12.3 Å². The van der Waals surface area contributed by atoms with Gasteiger partial charge in [0, 0.05) is 44.5 Å². The quantitative estimate of drug-likeness (QED) is 0.627. The largest absolute Gasteiger partial charge is 0.421 e. The number of hydrogen-bond acceptors (Lipinski definition) is 5. The summed E-state index contributed by atoms with van der Waals surface area (Å²) in [6.07, 6.45) is 1.39. The molecule has 0 fully saturated rings. The third-order valence-electron chi connectivity index (χ3n) is 2.93. The van der Waals surface area contributed by atoms with E-state index in [0.29, 0.717) is 5.56 Å². The fourth-order valence-corrected chi connectivity index (χ4v) is 1.87. The van der Waals surface area contributed by atoms with Crippen molar-refractivity contribution >= 4 is 5.82 Å². The van der Waals surface area contributed by atoms with E-state index in [4.69, 9.17) is 10.8 Å². The number of nitrogen functional groups attached to an aromatic ring is 1. The minimum absolute atomic E-state index is 0. The van der Waals surface area contributed by atoms with Gasteiger partial charge in [-0.1, -0.05) is 0 Å². The Hall–Kier alpha value is -0.626. The standard InChI is InChI=1S/C11H13FN3O3.Y/c1-5-3-15(11(18)14-10(5)13)7-2-8(17)6(4-16)9(7)12;/h2-3,7-8,16-17H,4H2,1H3,(H2,13,14,18);/q-1;. The van der Waals surface area contributed by atoms with Gasteiger partial charge in [0.25, 0.3) is 0 Å². The SMILES string of the molecule is Cc1cn(C2[CH-]C(O)C(CO)=C2F)c(=O)nc1N.[Y]. The van der Waals surface area contributed by atoms with Crippen LogP contribution in [0.2, 0.25) is 0 Å². The third-order valence-corrected chi connectivity index (χ3v) is 2.93. The summed E-state index contributed by atoms with van der Waals surface area (Å²) < 4.78 is 14.9. The number of aliphatic hydroxyl groups excluding tert-OH is 2. The Morgan fingerprint density at radius 2 is 2.26 bits per heavy atom. The Balaban J connectivity index is 0.00000180. The van der Waals surface area contributed by atoms with Gasteiger partial charge in [-0.05, 0) is 24.6 Å². The number of aryl methyl sites for hydroxylation is 1. The van der Waals surface area contributed by atoms with Gasteiger partial charge < -0.3 is 20.5 Å². The van der Waals surface area contributed by atoms with E-state index in [1.54, 1.807) is 6.92 Å². The van der Waals surface area contributed by atoms with Gasteiger partial charge in [-0.2, -0.15) is 4.98 Å². The zero-order valence-electron chi connectivity index (χ0n) is 10.2. The molecule has 0 aliphatic heterocycles. The molecule has 1 aromatic heterocycles. The molecule has 19 heavy (non-hydrogen) atoms. The molecule has 0 aromatic carbocycles. The molecule has 1 aromatic rings. The van der Waals surface area contributed by atoms with Crippen LogP contribution in [-0.4, -0.2) is 32.5 Å². The molecule has 6 nitrogen and oxygen atoms in total. The summed E-state index contributed by atoms with van der Waals surface area (Å²) in [6.45, 7) is 1.04. The average Bonchev–Trinajstić information content (AvgIpc) is 2.59. The third kappa shape index (κ3) is 2.94. The van der Waals surface area contributed by atoms with E-state index in [-0.39, 0.29) is 44.1 Å². The normalized spacial score (nSPS) is 22.5. The molecule has 2 rings (SSSR count). The Labute approximate surface area is 134 Å². The Morgan fingerprint density at radius 1 is 1.63 bits per heavy atom. The van der Waals surface area contributed by atoms with E-state index in [0.717, 1.165) is 4.57 Å². The maximum Gasteiger partial charge on any atom is 0.347 e. The molecule has 1 aliphatic rings. The molecular formula is C11H13FN3O3Y-. The summed E-state index contributed by atoms with van der Waals surface area (Å²) in [4.78, 5) is 15.2. The van der Waals surface area contributed by atoms with Crippen LogP contribution in [0.4, 0.5) is 10.2 Å². The second-order valence-electron chi connectivity index (χ2n) is 4.11. The van der Waals surface area contributed by atoms with Crippen LogP contribution in [0.3, 0.4) is 0 Å². The monoisotopic (exact) mass is 343 g/mol. The predicted octanol–water partition coefficient (Wildman–Crippen LogP) is -0.533. The van der Waals surface area contributed by atoms with Gasteiger partial charge in [0.2, 0.25) is 0 Å². The first-order chi connectivity index (χ1) is 8.45. The molecule has 2 unspecified atom stereocenters. The van der Waals surface area contributed by atoms with Crippen molar-refractivity contribution in [2.24, 2.45) is 0 Å². The van der Waals surface area contributed by atoms with Crippen LogP contribution >= 0.6 is 0 Å². The molecule has 101 valence electrons. The van der Waals surface area contributed by atoms with Crippen molar-refractivity contribution in [3.63, 3.8) is 0 Å². The first-order valence-electron chi connectivity index (χ1n) is 5.33. The summed E-state index contributed by atoms with van der Waals surface area (Å²) in [5, 5.41) is 18.5. The van der Waals surface area contributed by atoms with Crippen molar-refractivity contribution in [3.05, 3.63) is 40.1 Å². The van der Waals surface area contributed by atoms with E-state index in [1.807, 2.05) is 0 Å². The van der Waals surface area contributed by atoms with E-state index in [1.165, 1.54) is 12.6 Å². The molecule has 2 atom stereocenters. The fraction of sp³-hybridized carbons (Fsp3) is 0.364. The van der Waals surface area contributed by atoms with E-state index < -0.39 is 30.3 Å². The van der Waals surface area contributed by atoms with Crippen molar-refractivity contribution in [1.82, 2.24) is 9.55 Å². The number of anilines is 1. The molecule has 0 bridgehead atoms. The summed E-state index contributed by atoms with van der Waals surface area (Å²) in [5.74, 6) is -0.653. The number of aromatic nitrogens is 2. The van der Waals surface area contributed by atoms with Crippen LogP contribution in [0, 0.1) is 13.3 Å². The first-order valence-corrected chi connectivity index (χ1v) is 5.33. The summed E-state index contributed by atoms with van der Waals surface area (Å²) in [6, 6.07) is -1.05. The van der Waals surface area contributed by atoms with Crippen LogP contribution in [0.1, 0.15) is 11.6 Å². The number of rotatable bonds is 2. The Morgan fingerprint density at radius 3 is 2.79 bits per heavy atom. The molecule has 1 aliphatic carbocycles. The van der Waals surface area contributed by atoms with Crippen molar-refractivity contribution < 1.29 is 47.3 Å². The van der Waals surface area contributed by atoms with E-state index in [2.05, 4.69) is 4.98 Å². The zero-order valence-corrected chi connectivity index (χ0v) is 13.1. The van der Waals surface area contributed by atoms with Crippen LogP contribution in [-0.2, 0) is 32.7 Å². The van der Waals surface area contributed by atoms with Crippen LogP contribution in [0.15, 0.2) is 22.4 Å². The molecule has 0 spiro atoms. The first kappa shape index (κ1) is 16.4. The molecule has 8 heteroatoms. The topological polar surface area (TPSA) is 101 Å². The van der Waals surface area contributed by atoms with Gasteiger partial charge in [-0.3, -0.25) is 6.42 Å². The number of allylic oxidation sites excluding steroid dienone is 1. The second-order valence-corrected chi connectivity index (χ2v) is 4.11. The van der Waals surface area contributed by atoms with Crippen molar-refractivity contribution in [3.8, 4) is 0 Å². The molecule has 4 N–H and O–H groups in total. The van der Waals surface area contributed by atoms with Gasteiger partial charge in [0.15, 0.2) is 0 Å². The Kier molecular flexibility index (Phi) is 5.37. The van der Waals surface area contributed by atoms with Crippen molar-refractivity contribution in [2.45, 2.75) is 19.1 Å². The van der Waals surface area contributed by atoms with E-state index in [9.17, 15) is 14.3 Å². The number of nitrogens with zero attached hydrogens (tertiary/aromatic N) is 2. The maximum atomic E-state index is 13.9. The van der Waals surface area contributed by atoms with Gasteiger partial charge in [0.1, 0.15) is 5.82 Å². The smallest absolute Gasteiger partial charge is 0.347 e. The molecule has 0 amide bonds. The van der Waals surface area contributed by atoms with Gasteiger partial charge in [0.05, 0.1) is 12.4 Å². The number of halogens is 1. The minimum Gasteiger partial charge on any atom is -0.421 e. The van der Waals surface area contributed by atoms with Crippen molar-refractivity contribution in [1.29, 1.82) is 0 Å². The van der Waals surface area contributed by atoms with Gasteiger partial charge >= 0.3 is 5.69 Å². The van der Waals surface area contributed by atoms with Crippen LogP contribution in [0.25, 0.3) is 0 Å². The average molecular weight is 343 g/mol. The molecule has 0 saturated heterocycles. The molecule has 1 radical (unpaired) electrons. The minimum atomic E-state index is -1.20. The van der Waals surface area contributed by atoms with Gasteiger partial charge in [-0.25, -0.2) is 9.18 Å². The summed E-state index contributed by atoms with van der Waals surface area (Å²) >= 11 is 0. The van der Waals surface area contributed by atoms with E-state index >= 15 is 0 Å². The predicted molar refractivity (Wildman–Crippen MR) is 62.2 cm³/mol. The fourth-order valence-electron chi connectivity index (χ4n) is 1.87. The summed E-state index contributed by atoms with van der Waals surface area (Å²) in [5.41, 5.74) is 5.16. The second kappa shape index (κ2) is 6.22. The molecule has 0 saturated carbocycles. The molecule has 1 heterocycles. The van der Waals surface area contributed by atoms with Crippen LogP contribution < -0.4 is 11.4 Å². The number of aliphatic hydroxyl groups is 2. The van der Waals surface area contributed by atoms with Gasteiger partial charge in [-0.15, -0.1) is 0 Å². The van der Waals surface area contributed by atoms with Crippen LogP contribution in [0.5, 0.6) is 0 Å². The number of nitrogens with two attached hydrogens (primary N) is 1. The Bertz CT molecular complexity index is 573. The maximum absolute atomic E-state index is 13.9. The zero-order chi connectivity index (χ0) is 13.4. The summed E-state index contributed by atoms with van der Waals surface area (Å²) in [7, 11) is 0. The molecular weight excluding hydrogens is 330 g/mol. The number of hydrogen-bond donors (Lipinski definition) is 3.